The summed E-state index contributed by atoms with van der Waals surface area (Å²) in [5, 5.41) is 2.87. The molecule has 7 nitrogen and oxygen atoms in total. The van der Waals surface area contributed by atoms with E-state index >= 15 is 0 Å². The third-order valence-electron chi connectivity index (χ3n) is 7.17. The average Bonchev–Trinajstić information content (AvgIpc) is 2.92. The van der Waals surface area contributed by atoms with Gasteiger partial charge in [0.2, 0.25) is 5.91 Å². The Hall–Kier alpha value is -3.35. The molecule has 0 unspecified atom stereocenters. The normalized spacial score (nSPS) is 16.6. The lowest BCUT2D eigenvalue weighted by molar-refractivity contribution is -0.133. The van der Waals surface area contributed by atoms with Crippen LogP contribution < -0.4 is 10.1 Å². The molecule has 0 aromatic heterocycles. The summed E-state index contributed by atoms with van der Waals surface area (Å²) in [6.45, 7) is 2.09. The van der Waals surface area contributed by atoms with Crippen LogP contribution in [0.15, 0.2) is 48.5 Å². The van der Waals surface area contributed by atoms with Gasteiger partial charge in [-0.2, -0.15) is 0 Å². The van der Waals surface area contributed by atoms with E-state index in [2.05, 4.69) is 5.32 Å². The van der Waals surface area contributed by atoms with Gasteiger partial charge in [0.25, 0.3) is 11.8 Å². The van der Waals surface area contributed by atoms with Crippen molar-refractivity contribution in [1.29, 1.82) is 0 Å². The molecule has 1 aliphatic heterocycles. The SMILES string of the molecule is COc1ccc(C(=O)Nc2ccccc2C(=O)N2CCN(C(=O)CCC3CCCCC3)CC2)cc1. The summed E-state index contributed by atoms with van der Waals surface area (Å²) < 4.78 is 5.14. The van der Waals surface area contributed by atoms with Crippen molar-refractivity contribution >= 4 is 23.4 Å². The van der Waals surface area contributed by atoms with Crippen LogP contribution in [0.1, 0.15) is 65.7 Å². The topological polar surface area (TPSA) is 79.0 Å². The van der Waals surface area contributed by atoms with Crippen LogP contribution >= 0.6 is 0 Å². The van der Waals surface area contributed by atoms with E-state index in [9.17, 15) is 14.4 Å². The van der Waals surface area contributed by atoms with Crippen LogP contribution in [-0.2, 0) is 4.79 Å². The van der Waals surface area contributed by atoms with Crippen LogP contribution in [-0.4, -0.2) is 60.8 Å². The molecule has 186 valence electrons. The van der Waals surface area contributed by atoms with Crippen molar-refractivity contribution in [2.45, 2.75) is 44.9 Å². The summed E-state index contributed by atoms with van der Waals surface area (Å²) in [5.74, 6) is 1.14. The monoisotopic (exact) mass is 477 g/mol. The number of para-hydroxylation sites is 1. The molecule has 0 atom stereocenters. The number of nitrogens with zero attached hydrogens (tertiary/aromatic N) is 2. The second kappa shape index (κ2) is 11.9. The van der Waals surface area contributed by atoms with Crippen LogP contribution in [0.2, 0.25) is 0 Å². The number of hydrogen-bond acceptors (Lipinski definition) is 4. The van der Waals surface area contributed by atoms with Crippen LogP contribution in [0, 0.1) is 5.92 Å². The Bertz CT molecular complexity index is 1020. The van der Waals surface area contributed by atoms with Gasteiger partial charge in [0.1, 0.15) is 5.75 Å². The largest absolute Gasteiger partial charge is 0.497 e. The molecule has 0 radical (unpaired) electrons. The molecule has 4 rings (SSSR count). The first-order chi connectivity index (χ1) is 17.0. The Morgan fingerprint density at radius 1 is 0.886 bits per heavy atom. The molecule has 2 aromatic carbocycles. The first kappa shape index (κ1) is 24.8. The second-order valence-corrected chi connectivity index (χ2v) is 9.44. The van der Waals surface area contributed by atoms with Gasteiger partial charge in [0.05, 0.1) is 18.4 Å². The van der Waals surface area contributed by atoms with Crippen LogP contribution in [0.3, 0.4) is 0 Å². The lowest BCUT2D eigenvalue weighted by atomic mass is 9.86. The molecule has 2 fully saturated rings. The number of carbonyl (C=O) groups is 3. The number of benzene rings is 2. The van der Waals surface area contributed by atoms with Crippen molar-refractivity contribution in [3.8, 4) is 5.75 Å². The summed E-state index contributed by atoms with van der Waals surface area (Å²) >= 11 is 0. The van der Waals surface area contributed by atoms with Crippen LogP contribution in [0.25, 0.3) is 0 Å². The van der Waals surface area contributed by atoms with Gasteiger partial charge in [0, 0.05) is 38.2 Å². The minimum absolute atomic E-state index is 0.134. The number of piperazine rings is 1. The van der Waals surface area contributed by atoms with E-state index < -0.39 is 0 Å². The van der Waals surface area contributed by atoms with Gasteiger partial charge in [-0.25, -0.2) is 0 Å². The molecule has 2 aromatic rings. The zero-order valence-electron chi connectivity index (χ0n) is 20.5. The first-order valence-corrected chi connectivity index (χ1v) is 12.7. The minimum Gasteiger partial charge on any atom is -0.497 e. The maximum atomic E-state index is 13.3. The van der Waals surface area contributed by atoms with E-state index in [0.29, 0.717) is 61.1 Å². The number of hydrogen-bond donors (Lipinski definition) is 1. The lowest BCUT2D eigenvalue weighted by Crippen LogP contribution is -2.50. The molecule has 1 saturated carbocycles. The molecule has 1 N–H and O–H groups in total. The summed E-state index contributed by atoms with van der Waals surface area (Å²) in [6, 6.07) is 13.9. The predicted octanol–water partition coefficient (Wildman–Crippen LogP) is 4.59. The Kier molecular flexibility index (Phi) is 8.40. The van der Waals surface area contributed by atoms with Gasteiger partial charge in [0.15, 0.2) is 0 Å². The third kappa shape index (κ3) is 6.41. The molecule has 2 aliphatic rings. The summed E-state index contributed by atoms with van der Waals surface area (Å²) in [7, 11) is 1.57. The molecule has 1 heterocycles. The smallest absolute Gasteiger partial charge is 0.256 e. The van der Waals surface area contributed by atoms with Gasteiger partial charge in [-0.3, -0.25) is 14.4 Å². The fourth-order valence-electron chi connectivity index (χ4n) is 5.01. The zero-order chi connectivity index (χ0) is 24.6. The minimum atomic E-state index is -0.290. The zero-order valence-corrected chi connectivity index (χ0v) is 20.5. The Balaban J connectivity index is 1.32. The fraction of sp³-hybridized carbons (Fsp3) is 0.464. The van der Waals surface area contributed by atoms with Crippen molar-refractivity contribution in [2.24, 2.45) is 5.92 Å². The summed E-state index contributed by atoms with van der Waals surface area (Å²) in [6.07, 6.45) is 8.02. The quantitative estimate of drug-likeness (QED) is 0.633. The molecular formula is C28H35N3O4. The summed E-state index contributed by atoms with van der Waals surface area (Å²) in [4.78, 5) is 42.4. The van der Waals surface area contributed by atoms with Crippen molar-refractivity contribution < 1.29 is 19.1 Å². The standard InChI is InChI=1S/C28H35N3O4/c1-35-23-14-12-22(13-15-23)27(33)29-25-10-6-5-9-24(25)28(34)31-19-17-30(18-20-31)26(32)16-11-21-7-3-2-4-8-21/h5-6,9-10,12-15,21H,2-4,7-8,11,16-20H2,1H3,(H,29,33). The number of rotatable bonds is 7. The molecule has 0 bridgehead atoms. The highest BCUT2D eigenvalue weighted by molar-refractivity contribution is 6.09. The van der Waals surface area contributed by atoms with Crippen LogP contribution in [0.4, 0.5) is 5.69 Å². The molecule has 1 aliphatic carbocycles. The van der Waals surface area contributed by atoms with E-state index in [4.69, 9.17) is 4.74 Å². The fourth-order valence-corrected chi connectivity index (χ4v) is 5.01. The molecule has 35 heavy (non-hydrogen) atoms. The number of methoxy groups -OCH3 is 1. The molecule has 0 spiro atoms. The molecule has 3 amide bonds. The van der Waals surface area contributed by atoms with Gasteiger partial charge in [-0.1, -0.05) is 44.2 Å². The predicted molar refractivity (Wildman–Crippen MR) is 136 cm³/mol. The van der Waals surface area contributed by atoms with E-state index in [1.807, 2.05) is 4.90 Å². The maximum absolute atomic E-state index is 13.3. The highest BCUT2D eigenvalue weighted by Gasteiger charge is 2.27. The van der Waals surface area contributed by atoms with E-state index in [1.165, 1.54) is 32.1 Å². The van der Waals surface area contributed by atoms with E-state index in [1.54, 1.807) is 60.5 Å². The van der Waals surface area contributed by atoms with Crippen molar-refractivity contribution in [2.75, 3.05) is 38.6 Å². The van der Waals surface area contributed by atoms with Gasteiger partial charge < -0.3 is 19.9 Å². The van der Waals surface area contributed by atoms with Crippen molar-refractivity contribution in [3.63, 3.8) is 0 Å². The Morgan fingerprint density at radius 2 is 1.54 bits per heavy atom. The molecular weight excluding hydrogens is 442 g/mol. The van der Waals surface area contributed by atoms with Gasteiger partial charge >= 0.3 is 0 Å². The highest BCUT2D eigenvalue weighted by atomic mass is 16.5. The Morgan fingerprint density at radius 3 is 2.23 bits per heavy atom. The first-order valence-electron chi connectivity index (χ1n) is 12.7. The average molecular weight is 478 g/mol. The third-order valence-corrected chi connectivity index (χ3v) is 7.17. The Labute approximate surface area is 207 Å². The number of amides is 3. The van der Waals surface area contributed by atoms with Gasteiger partial charge in [-0.05, 0) is 48.7 Å². The summed E-state index contributed by atoms with van der Waals surface area (Å²) in [5.41, 5.74) is 1.41. The number of anilines is 1. The lowest BCUT2D eigenvalue weighted by Gasteiger charge is -2.35. The van der Waals surface area contributed by atoms with E-state index in [0.717, 1.165) is 6.42 Å². The number of nitrogens with one attached hydrogen (secondary N) is 1. The number of carbonyl (C=O) groups excluding carboxylic acids is 3. The molecule has 7 heteroatoms. The van der Waals surface area contributed by atoms with Gasteiger partial charge in [-0.15, -0.1) is 0 Å². The number of ether oxygens (including phenoxy) is 1. The molecule has 1 saturated heterocycles. The van der Waals surface area contributed by atoms with Crippen molar-refractivity contribution in [3.05, 3.63) is 59.7 Å². The second-order valence-electron chi connectivity index (χ2n) is 9.44. The maximum Gasteiger partial charge on any atom is 0.256 e. The van der Waals surface area contributed by atoms with E-state index in [-0.39, 0.29) is 17.7 Å². The van der Waals surface area contributed by atoms with Crippen LogP contribution in [0.5, 0.6) is 5.75 Å². The van der Waals surface area contributed by atoms with Crippen molar-refractivity contribution in [1.82, 2.24) is 9.80 Å². The highest BCUT2D eigenvalue weighted by Crippen LogP contribution is 2.27.